The fraction of sp³-hybridized carbons (Fsp3) is 0. The van der Waals surface area contributed by atoms with E-state index in [1.54, 1.807) is 0 Å². The van der Waals surface area contributed by atoms with Crippen LogP contribution in [0.25, 0.3) is 0 Å². The van der Waals surface area contributed by atoms with Crippen LogP contribution >= 0.6 is 0 Å². The van der Waals surface area contributed by atoms with E-state index in [4.69, 9.17) is 0 Å². The molecule has 0 spiro atoms. The average molecular weight is 110 g/mol. The molecule has 0 aliphatic heterocycles. The van der Waals surface area contributed by atoms with E-state index in [9.17, 15) is 0 Å². The molecule has 0 heterocycles. The van der Waals surface area contributed by atoms with Gasteiger partial charge in [0, 0.05) is 0 Å². The van der Waals surface area contributed by atoms with E-state index in [-0.39, 0.29) is 17.1 Å². The molecule has 1 heteroatoms. The van der Waals surface area contributed by atoms with E-state index in [1.807, 2.05) is 0 Å². The first-order valence-electron chi connectivity index (χ1n) is 0.816. The molecule has 0 unspecified atom stereocenters. The van der Waals surface area contributed by atoms with Gasteiger partial charge in [-0.2, -0.15) is 0 Å². The second-order valence-corrected chi connectivity index (χ2v) is 0. The van der Waals surface area contributed by atoms with Gasteiger partial charge in [0.05, 0.1) is 0 Å². The molecule has 0 nitrogen and oxygen atoms in total. The van der Waals surface area contributed by atoms with Gasteiger partial charge in [-0.25, -0.2) is 0 Å². The summed E-state index contributed by atoms with van der Waals surface area (Å²) in [6.07, 6.45) is 0. The Kier molecular flexibility index (Phi) is 533000000. The van der Waals surface area contributed by atoms with Gasteiger partial charge in [-0.15, -0.1) is 0 Å². The number of hydrogen-bond donors (Lipinski definition) is 0. The van der Waals surface area contributed by atoms with Crippen molar-refractivity contribution in [2.45, 2.75) is 0 Å². The first-order valence-corrected chi connectivity index (χ1v) is 0.816. The quantitative estimate of drug-likeness (QED) is 0.324. The molecule has 0 N–H and O–H groups in total. The molecular formula is C4H6Fe. The maximum absolute atomic E-state index is 4.25. The van der Waals surface area contributed by atoms with Gasteiger partial charge in [0.25, 0.3) is 0 Å². The van der Waals surface area contributed by atoms with Crippen molar-refractivity contribution in [3.8, 4) is 0 Å². The zero-order valence-corrected chi connectivity index (χ0v) is 4.03. The standard InChI is InChI=1S/2C2H3.Fe/c2*1-2;/h2*1H,2H2;/q2*-1;+2. The molecule has 0 atom stereocenters. The van der Waals surface area contributed by atoms with Gasteiger partial charge in [-0.1, -0.05) is 0 Å². The van der Waals surface area contributed by atoms with Crippen molar-refractivity contribution in [3.63, 3.8) is 0 Å². The van der Waals surface area contributed by atoms with Gasteiger partial charge < -0.3 is 13.2 Å². The summed E-state index contributed by atoms with van der Waals surface area (Å²) in [7, 11) is 0. The van der Waals surface area contributed by atoms with Crippen molar-refractivity contribution in [2.24, 2.45) is 0 Å². The van der Waals surface area contributed by atoms with Crippen molar-refractivity contribution < 1.29 is 17.1 Å². The van der Waals surface area contributed by atoms with Gasteiger partial charge in [0.2, 0.25) is 0 Å². The molecule has 0 saturated carbocycles. The number of hydrogen-bond acceptors (Lipinski definition) is 0. The molecule has 0 rings (SSSR count). The summed E-state index contributed by atoms with van der Waals surface area (Å²) in [6.45, 7) is 14.0. The summed E-state index contributed by atoms with van der Waals surface area (Å²) in [5.41, 5.74) is 0. The van der Waals surface area contributed by atoms with Gasteiger partial charge >= 0.3 is 17.1 Å². The predicted molar refractivity (Wildman–Crippen MR) is 19.9 cm³/mol. The molecule has 0 aromatic carbocycles. The normalized spacial score (nSPS) is 1.60. The molecule has 0 fully saturated rings. The Morgan fingerprint density at radius 1 is 0.800 bits per heavy atom. The van der Waals surface area contributed by atoms with Crippen LogP contribution in [0.1, 0.15) is 0 Å². The Hall–Kier alpha value is -0.000519. The Bertz CT molecular complexity index is 5.61. The molecule has 0 saturated heterocycles. The molecule has 0 aliphatic carbocycles. The molecule has 5 heavy (non-hydrogen) atoms. The van der Waals surface area contributed by atoms with Crippen LogP contribution in [0.5, 0.6) is 0 Å². The van der Waals surface area contributed by atoms with E-state index < -0.39 is 0 Å². The molecule has 30 valence electrons. The second-order valence-electron chi connectivity index (χ2n) is 0. The van der Waals surface area contributed by atoms with Crippen LogP contribution in [0.2, 0.25) is 0 Å². The van der Waals surface area contributed by atoms with Crippen molar-refractivity contribution >= 4 is 0 Å². The minimum Gasteiger partial charge on any atom is -0.521 e. The van der Waals surface area contributed by atoms with Gasteiger partial charge in [-0.05, 0) is 0 Å². The van der Waals surface area contributed by atoms with Gasteiger partial charge in [0.1, 0.15) is 0 Å². The van der Waals surface area contributed by atoms with E-state index in [2.05, 4.69) is 26.3 Å². The Morgan fingerprint density at radius 3 is 0.800 bits per heavy atom. The predicted octanol–water partition coefficient (Wildman–Crippen LogP) is 1.21. The zero-order valence-electron chi connectivity index (χ0n) is 2.92. The SMILES string of the molecule is [CH-]=C.[CH-]=C.[Fe+2]. The maximum atomic E-state index is 4.25. The molecular weight excluding hydrogens is 104 g/mol. The van der Waals surface area contributed by atoms with Crippen LogP contribution in [0, 0.1) is 13.2 Å². The van der Waals surface area contributed by atoms with E-state index in [0.29, 0.717) is 0 Å². The summed E-state index contributed by atoms with van der Waals surface area (Å²) in [5.74, 6) is 0. The smallest absolute Gasteiger partial charge is 0.521 e. The van der Waals surface area contributed by atoms with Crippen LogP contribution in [-0.2, 0) is 17.1 Å². The van der Waals surface area contributed by atoms with Gasteiger partial charge in [-0.3, -0.25) is 13.2 Å². The molecule has 0 bridgehead atoms. The fourth-order valence-corrected chi connectivity index (χ4v) is 0. The first-order chi connectivity index (χ1) is 2.00. The molecule has 0 aromatic heterocycles. The topological polar surface area (TPSA) is 0 Å². The summed E-state index contributed by atoms with van der Waals surface area (Å²) in [5, 5.41) is 0. The first kappa shape index (κ1) is 20.0. The Labute approximate surface area is 44.1 Å². The van der Waals surface area contributed by atoms with Crippen molar-refractivity contribution in [3.05, 3.63) is 26.3 Å². The fourth-order valence-electron chi connectivity index (χ4n) is 0. The molecule has 0 amide bonds. The monoisotopic (exact) mass is 110 g/mol. The third kappa shape index (κ3) is 59300000. The number of rotatable bonds is 0. The second kappa shape index (κ2) is 133000000. The van der Waals surface area contributed by atoms with Crippen LogP contribution in [-0.4, -0.2) is 0 Å². The Morgan fingerprint density at radius 2 is 0.800 bits per heavy atom. The van der Waals surface area contributed by atoms with Crippen LogP contribution in [0.15, 0.2) is 13.2 Å². The molecule has 0 aliphatic rings. The summed E-state index contributed by atoms with van der Waals surface area (Å²) in [6, 6.07) is 0. The molecule has 0 aromatic rings. The van der Waals surface area contributed by atoms with Crippen molar-refractivity contribution in [1.29, 1.82) is 0 Å². The summed E-state index contributed by atoms with van der Waals surface area (Å²) >= 11 is 0. The van der Waals surface area contributed by atoms with Crippen molar-refractivity contribution in [1.82, 2.24) is 0 Å². The van der Waals surface area contributed by atoms with Crippen LogP contribution < -0.4 is 0 Å². The largest absolute Gasteiger partial charge is 2.00 e. The summed E-state index contributed by atoms with van der Waals surface area (Å²) < 4.78 is 0. The van der Waals surface area contributed by atoms with Crippen molar-refractivity contribution in [2.75, 3.05) is 0 Å². The third-order valence-electron chi connectivity index (χ3n) is 0. The minimum atomic E-state index is 0. The minimum absolute atomic E-state index is 0. The Balaban J connectivity index is -0.0000000133. The van der Waals surface area contributed by atoms with E-state index in [1.165, 1.54) is 0 Å². The zero-order chi connectivity index (χ0) is 4.00. The molecule has 0 radical (unpaired) electrons. The maximum Gasteiger partial charge on any atom is 2.00 e. The van der Waals surface area contributed by atoms with Crippen LogP contribution in [0.3, 0.4) is 0 Å². The van der Waals surface area contributed by atoms with E-state index >= 15 is 0 Å². The summed E-state index contributed by atoms with van der Waals surface area (Å²) in [4.78, 5) is 0. The van der Waals surface area contributed by atoms with Gasteiger partial charge in [0.15, 0.2) is 0 Å². The third-order valence-corrected chi connectivity index (χ3v) is 0. The average Bonchev–Trinajstić information content (AvgIpc) is 1.50. The van der Waals surface area contributed by atoms with E-state index in [0.717, 1.165) is 0 Å². The van der Waals surface area contributed by atoms with Crippen LogP contribution in [0.4, 0.5) is 0 Å².